The van der Waals surface area contributed by atoms with Crippen LogP contribution in [0.5, 0.6) is 0 Å². The molecule has 0 bridgehead atoms. The fourth-order valence-electron chi connectivity index (χ4n) is 2.61. The van der Waals surface area contributed by atoms with Gasteiger partial charge in [-0.25, -0.2) is 9.97 Å². The monoisotopic (exact) mass is 366 g/mol. The molecule has 0 radical (unpaired) electrons. The highest BCUT2D eigenvalue weighted by molar-refractivity contribution is 5.92. The van der Waals surface area contributed by atoms with Crippen LogP contribution in [0.3, 0.4) is 0 Å². The first-order valence-corrected chi connectivity index (χ1v) is 8.83. The average molecular weight is 366 g/mol. The zero-order valence-corrected chi connectivity index (χ0v) is 15.8. The van der Waals surface area contributed by atoms with E-state index in [0.29, 0.717) is 34.8 Å². The lowest BCUT2D eigenvalue weighted by Crippen LogP contribution is -2.28. The molecule has 0 aromatic carbocycles. The van der Waals surface area contributed by atoms with Crippen LogP contribution in [0.1, 0.15) is 54.7 Å². The van der Waals surface area contributed by atoms with Crippen LogP contribution in [-0.4, -0.2) is 31.0 Å². The molecule has 0 aliphatic carbocycles. The number of nitrogens with one attached hydrogen (secondary N) is 1. The first-order chi connectivity index (χ1) is 12.9. The Kier molecular flexibility index (Phi) is 5.54. The zero-order valence-electron chi connectivity index (χ0n) is 15.8. The molecule has 140 valence electrons. The summed E-state index contributed by atoms with van der Waals surface area (Å²) < 4.78 is 5.27. The van der Waals surface area contributed by atoms with Crippen molar-refractivity contribution in [2.45, 2.75) is 40.2 Å². The van der Waals surface area contributed by atoms with Gasteiger partial charge in [-0.05, 0) is 44.4 Å². The number of aromatic nitrogens is 5. The lowest BCUT2D eigenvalue weighted by Gasteiger charge is -2.11. The quantitative estimate of drug-likeness (QED) is 0.715. The predicted octanol–water partition coefficient (Wildman–Crippen LogP) is 2.92. The number of amides is 1. The highest BCUT2D eigenvalue weighted by atomic mass is 16.5. The molecule has 0 unspecified atom stereocenters. The Labute approximate surface area is 157 Å². The molecule has 0 spiro atoms. The van der Waals surface area contributed by atoms with Gasteiger partial charge in [-0.15, -0.1) is 0 Å². The largest absolute Gasteiger partial charge is 0.339 e. The lowest BCUT2D eigenvalue weighted by atomic mass is 10.1. The Morgan fingerprint density at radius 1 is 1.19 bits per heavy atom. The van der Waals surface area contributed by atoms with Crippen LogP contribution in [0, 0.1) is 12.8 Å². The molecular weight excluding hydrogens is 344 g/mol. The molecule has 0 aliphatic heterocycles. The van der Waals surface area contributed by atoms with Gasteiger partial charge in [0.15, 0.2) is 0 Å². The van der Waals surface area contributed by atoms with Crippen LogP contribution >= 0.6 is 0 Å². The lowest BCUT2D eigenvalue weighted by molar-refractivity contribution is 0.0927. The molecule has 3 heterocycles. The Morgan fingerprint density at radius 2 is 2.00 bits per heavy atom. The normalized spacial score (nSPS) is 12.2. The Hall–Kier alpha value is -3.16. The second kappa shape index (κ2) is 8.03. The molecule has 8 nitrogen and oxygen atoms in total. The summed E-state index contributed by atoms with van der Waals surface area (Å²) in [6.07, 6.45) is 2.44. The number of aryl methyl sites for hydroxylation is 1. The van der Waals surface area contributed by atoms with E-state index in [2.05, 4.69) is 44.3 Å². The molecule has 0 saturated carbocycles. The van der Waals surface area contributed by atoms with E-state index in [1.54, 1.807) is 32.2 Å². The van der Waals surface area contributed by atoms with Gasteiger partial charge in [-0.1, -0.05) is 25.1 Å². The van der Waals surface area contributed by atoms with Crippen LogP contribution in [0.4, 0.5) is 0 Å². The van der Waals surface area contributed by atoms with Gasteiger partial charge in [0.2, 0.25) is 11.7 Å². The van der Waals surface area contributed by atoms with Crippen LogP contribution in [0.25, 0.3) is 11.5 Å². The standard InChI is InChI=1S/C19H22N6O2/c1-11(2)9-14-10-16(23-13(4)22-14)18(26)21-12(3)19-24-17(25-27-19)15-7-5-6-8-20-15/h5-8,10-12H,9H2,1-4H3,(H,21,26)/t12-/m1/s1. The fourth-order valence-corrected chi connectivity index (χ4v) is 2.61. The number of carbonyl (C=O) groups is 1. The van der Waals surface area contributed by atoms with E-state index in [-0.39, 0.29) is 5.91 Å². The summed E-state index contributed by atoms with van der Waals surface area (Å²) in [4.78, 5) is 29.7. The summed E-state index contributed by atoms with van der Waals surface area (Å²) in [7, 11) is 0. The SMILES string of the molecule is Cc1nc(CC(C)C)cc(C(=O)N[C@H](C)c2nc(-c3ccccn3)no2)n1. The Bertz CT molecular complexity index is 923. The highest BCUT2D eigenvalue weighted by Gasteiger charge is 2.20. The molecule has 1 atom stereocenters. The van der Waals surface area contributed by atoms with Crippen molar-refractivity contribution in [1.29, 1.82) is 0 Å². The number of rotatable bonds is 6. The minimum atomic E-state index is -0.466. The van der Waals surface area contributed by atoms with Crippen molar-refractivity contribution < 1.29 is 9.32 Å². The molecule has 27 heavy (non-hydrogen) atoms. The van der Waals surface area contributed by atoms with Gasteiger partial charge in [0.25, 0.3) is 5.91 Å². The van der Waals surface area contributed by atoms with Gasteiger partial charge < -0.3 is 9.84 Å². The Morgan fingerprint density at radius 3 is 2.70 bits per heavy atom. The van der Waals surface area contributed by atoms with Gasteiger partial charge in [0.1, 0.15) is 23.3 Å². The van der Waals surface area contributed by atoms with Crippen molar-refractivity contribution in [2.24, 2.45) is 5.92 Å². The number of pyridine rings is 1. The van der Waals surface area contributed by atoms with Crippen molar-refractivity contribution in [1.82, 2.24) is 30.4 Å². The second-order valence-electron chi connectivity index (χ2n) is 6.76. The summed E-state index contributed by atoms with van der Waals surface area (Å²) in [6, 6.07) is 6.70. The molecular formula is C19H22N6O2. The molecule has 3 aromatic rings. The number of hydrogen-bond donors (Lipinski definition) is 1. The van der Waals surface area contributed by atoms with Crippen LogP contribution in [0.2, 0.25) is 0 Å². The summed E-state index contributed by atoms with van der Waals surface area (Å²) in [5.41, 5.74) is 1.79. The van der Waals surface area contributed by atoms with E-state index >= 15 is 0 Å². The number of carbonyl (C=O) groups excluding carboxylic acids is 1. The smallest absolute Gasteiger partial charge is 0.270 e. The van der Waals surface area contributed by atoms with E-state index in [1.165, 1.54) is 0 Å². The topological polar surface area (TPSA) is 107 Å². The maximum Gasteiger partial charge on any atom is 0.270 e. The molecule has 8 heteroatoms. The zero-order chi connectivity index (χ0) is 19.4. The first-order valence-electron chi connectivity index (χ1n) is 8.83. The van der Waals surface area contributed by atoms with Crippen molar-refractivity contribution >= 4 is 5.91 Å². The van der Waals surface area contributed by atoms with Crippen molar-refractivity contribution in [3.63, 3.8) is 0 Å². The van der Waals surface area contributed by atoms with Crippen LogP contribution in [0.15, 0.2) is 35.0 Å². The molecule has 0 saturated heterocycles. The highest BCUT2D eigenvalue weighted by Crippen LogP contribution is 2.17. The maximum atomic E-state index is 12.6. The summed E-state index contributed by atoms with van der Waals surface area (Å²) in [5, 5.41) is 6.76. The van der Waals surface area contributed by atoms with E-state index < -0.39 is 6.04 Å². The molecule has 3 aromatic heterocycles. The summed E-state index contributed by atoms with van der Waals surface area (Å²) in [5.74, 6) is 1.38. The van der Waals surface area contributed by atoms with Gasteiger partial charge in [0.05, 0.1) is 0 Å². The van der Waals surface area contributed by atoms with Crippen molar-refractivity contribution in [3.05, 3.63) is 53.6 Å². The molecule has 0 aliphatic rings. The number of hydrogen-bond acceptors (Lipinski definition) is 7. The third-order valence-corrected chi connectivity index (χ3v) is 3.79. The van der Waals surface area contributed by atoms with E-state index in [9.17, 15) is 4.79 Å². The molecule has 0 fully saturated rings. The van der Waals surface area contributed by atoms with Gasteiger partial charge >= 0.3 is 0 Å². The molecule has 1 N–H and O–H groups in total. The van der Waals surface area contributed by atoms with Crippen molar-refractivity contribution in [2.75, 3.05) is 0 Å². The summed E-state index contributed by atoms with van der Waals surface area (Å²) >= 11 is 0. The van der Waals surface area contributed by atoms with Gasteiger partial charge in [-0.3, -0.25) is 9.78 Å². The summed E-state index contributed by atoms with van der Waals surface area (Å²) in [6.45, 7) is 7.76. The first kappa shape index (κ1) is 18.6. The van der Waals surface area contributed by atoms with E-state index in [1.807, 2.05) is 12.1 Å². The molecule has 3 rings (SSSR count). The van der Waals surface area contributed by atoms with E-state index in [0.717, 1.165) is 12.1 Å². The maximum absolute atomic E-state index is 12.6. The van der Waals surface area contributed by atoms with E-state index in [4.69, 9.17) is 4.52 Å². The van der Waals surface area contributed by atoms with Gasteiger partial charge in [-0.2, -0.15) is 4.98 Å². The predicted molar refractivity (Wildman–Crippen MR) is 98.7 cm³/mol. The third kappa shape index (κ3) is 4.72. The average Bonchev–Trinajstić information content (AvgIpc) is 3.11. The minimum absolute atomic E-state index is 0.303. The third-order valence-electron chi connectivity index (χ3n) is 3.79. The van der Waals surface area contributed by atoms with Gasteiger partial charge in [0, 0.05) is 11.9 Å². The fraction of sp³-hybridized carbons (Fsp3) is 0.368. The number of nitrogens with zero attached hydrogens (tertiary/aromatic N) is 5. The minimum Gasteiger partial charge on any atom is -0.339 e. The Balaban J connectivity index is 1.73. The van der Waals surface area contributed by atoms with Crippen LogP contribution in [-0.2, 0) is 6.42 Å². The second-order valence-corrected chi connectivity index (χ2v) is 6.76. The van der Waals surface area contributed by atoms with Crippen LogP contribution < -0.4 is 5.32 Å². The van der Waals surface area contributed by atoms with Crippen molar-refractivity contribution in [3.8, 4) is 11.5 Å². The molecule has 1 amide bonds.